The van der Waals surface area contributed by atoms with E-state index in [2.05, 4.69) is 60.7 Å². The highest BCUT2D eigenvalue weighted by Gasteiger charge is 2.45. The average Bonchev–Trinajstić information content (AvgIpc) is 3.86. The molecule has 0 saturated carbocycles. The van der Waals surface area contributed by atoms with E-state index >= 15 is 0 Å². The highest BCUT2D eigenvalue weighted by atomic mass is 35.5. The number of ether oxygens (including phenoxy) is 1. The van der Waals surface area contributed by atoms with Crippen molar-refractivity contribution in [2.24, 2.45) is 5.92 Å². The number of nitrogens with one attached hydrogen (secondary N) is 1. The molecule has 1 aromatic heterocycles. The van der Waals surface area contributed by atoms with Gasteiger partial charge in [0.2, 0.25) is 17.8 Å². The smallest absolute Gasteiger partial charge is 0.262 e. The van der Waals surface area contributed by atoms with E-state index < -0.39 is 23.8 Å². The molecule has 3 unspecified atom stereocenters. The number of carbonyl (C=O) groups excluding carboxylic acids is 4. The summed E-state index contributed by atoms with van der Waals surface area (Å²) in [5.41, 5.74) is 4.63. The number of fused-ring (bicyclic) bond motifs is 1. The molecular weight excluding hydrogens is 818 g/mol. The highest BCUT2D eigenvalue weighted by molar-refractivity contribution is 6.31. The molecule has 6 heterocycles. The number of hydrogen-bond acceptors (Lipinski definition) is 11. The van der Waals surface area contributed by atoms with E-state index in [-0.39, 0.29) is 24.2 Å². The summed E-state index contributed by atoms with van der Waals surface area (Å²) in [5, 5.41) is 2.82. The van der Waals surface area contributed by atoms with Crippen LogP contribution in [0.15, 0.2) is 72.9 Å². The molecule has 4 saturated heterocycles. The summed E-state index contributed by atoms with van der Waals surface area (Å²) in [7, 11) is 0. The lowest BCUT2D eigenvalue weighted by molar-refractivity contribution is -0.136. The van der Waals surface area contributed by atoms with Crippen molar-refractivity contribution in [1.29, 1.82) is 0 Å². The minimum absolute atomic E-state index is 0.0973. The predicted octanol–water partition coefficient (Wildman–Crippen LogP) is 6.10. The number of likely N-dealkylation sites (tertiary alicyclic amines) is 1. The van der Waals surface area contributed by atoms with E-state index in [1.165, 1.54) is 6.42 Å². The molecule has 4 fully saturated rings. The Morgan fingerprint density at radius 2 is 1.63 bits per heavy atom. The van der Waals surface area contributed by atoms with Crippen molar-refractivity contribution >= 4 is 52.6 Å². The number of halogens is 1. The number of carbonyl (C=O) groups is 4. The van der Waals surface area contributed by atoms with Gasteiger partial charge in [-0.25, -0.2) is 14.8 Å². The van der Waals surface area contributed by atoms with Gasteiger partial charge >= 0.3 is 0 Å². The van der Waals surface area contributed by atoms with Crippen LogP contribution in [0.5, 0.6) is 5.75 Å². The molecule has 0 aliphatic carbocycles. The monoisotopic (exact) mass is 869 g/mol. The summed E-state index contributed by atoms with van der Waals surface area (Å²) in [5.74, 6) is 0.147. The first-order valence-electron chi connectivity index (χ1n) is 22.0. The molecule has 4 aromatic rings. The lowest BCUT2D eigenvalue weighted by atomic mass is 9.78. The maximum atomic E-state index is 13.5. The van der Waals surface area contributed by atoms with Crippen molar-refractivity contribution in [3.05, 3.63) is 117 Å². The van der Waals surface area contributed by atoms with Crippen molar-refractivity contribution in [3.8, 4) is 5.75 Å². The van der Waals surface area contributed by atoms with Crippen molar-refractivity contribution in [2.45, 2.75) is 70.1 Å². The van der Waals surface area contributed by atoms with Gasteiger partial charge in [-0.05, 0) is 97.8 Å². The standard InChI is InChI=1S/C48H52ClN9O5/c1-48(2,33-23-34(49)25-36(24-33)50-3)32-6-9-39(10-7-32)63-30-35-14-16-51-47(52-35)55-21-19-54(20-22-55)27-31-15-18-57(28-31)38-5-4-17-56(29-38)37-8-11-40-41(26-37)46(62)58(45(40)61)42-12-13-43(59)53-44(42)60/h6-11,14,16,23-26,31,38,42H,4-5,12-13,15,17-22,27-30H2,1-2H3,(H,53,59,60). The number of piperazine rings is 1. The van der Waals surface area contributed by atoms with Crippen molar-refractivity contribution in [3.63, 3.8) is 0 Å². The number of hydrogen-bond donors (Lipinski definition) is 1. The van der Waals surface area contributed by atoms with Gasteiger partial charge < -0.3 is 14.5 Å². The Morgan fingerprint density at radius 3 is 2.41 bits per heavy atom. The molecule has 0 spiro atoms. The molecule has 9 rings (SSSR count). The second-order valence-electron chi connectivity index (χ2n) is 18.0. The van der Waals surface area contributed by atoms with E-state index in [1.807, 2.05) is 48.7 Å². The number of benzene rings is 3. The second-order valence-corrected chi connectivity index (χ2v) is 18.4. The van der Waals surface area contributed by atoms with Gasteiger partial charge in [-0.1, -0.05) is 43.6 Å². The zero-order chi connectivity index (χ0) is 43.8. The Bertz CT molecular complexity index is 2460. The molecule has 0 bridgehead atoms. The number of rotatable bonds is 11. The Labute approximate surface area is 373 Å². The molecule has 0 radical (unpaired) electrons. The van der Waals surface area contributed by atoms with E-state index in [9.17, 15) is 19.2 Å². The fraction of sp³-hybridized carbons (Fsp3) is 0.438. The maximum absolute atomic E-state index is 13.5. The van der Waals surface area contributed by atoms with E-state index in [0.29, 0.717) is 40.4 Å². The van der Waals surface area contributed by atoms with Gasteiger partial charge in [-0.15, -0.1) is 0 Å². The van der Waals surface area contributed by atoms with Crippen LogP contribution in [0.3, 0.4) is 0 Å². The minimum Gasteiger partial charge on any atom is -0.487 e. The number of anilines is 2. The third-order valence-corrected chi connectivity index (χ3v) is 13.8. The van der Waals surface area contributed by atoms with Gasteiger partial charge in [-0.2, -0.15) is 0 Å². The first-order chi connectivity index (χ1) is 30.4. The molecular formula is C48H52ClN9O5. The van der Waals surface area contributed by atoms with Gasteiger partial charge in [0.1, 0.15) is 18.4 Å². The SMILES string of the molecule is [C-]#[N+]c1cc(Cl)cc(C(C)(C)c2ccc(OCc3ccnc(N4CCN(CC5CCN(C6CCCN(c7ccc8c(c7)C(=O)N(C7CCC(=O)NC7=O)C8=O)C6)C5)CC4)n3)cc2)c1. The van der Waals surface area contributed by atoms with E-state index in [1.54, 1.807) is 12.1 Å². The van der Waals surface area contributed by atoms with Crippen molar-refractivity contribution < 1.29 is 23.9 Å². The molecule has 5 aliphatic heterocycles. The van der Waals surface area contributed by atoms with E-state index in [4.69, 9.17) is 27.9 Å². The number of nitrogens with zero attached hydrogens (tertiary/aromatic N) is 8. The van der Waals surface area contributed by atoms with Crippen molar-refractivity contribution in [1.82, 2.24) is 30.0 Å². The molecule has 5 aliphatic rings. The van der Waals surface area contributed by atoms with Gasteiger partial charge in [0.25, 0.3) is 11.8 Å². The predicted molar refractivity (Wildman–Crippen MR) is 239 cm³/mol. The van der Waals surface area contributed by atoms with Crippen LogP contribution in [-0.4, -0.2) is 119 Å². The summed E-state index contributed by atoms with van der Waals surface area (Å²) >= 11 is 6.32. The van der Waals surface area contributed by atoms with Crippen LogP contribution >= 0.6 is 11.6 Å². The first kappa shape index (κ1) is 42.4. The van der Waals surface area contributed by atoms with Crippen LogP contribution < -0.4 is 19.9 Å². The normalized spacial score (nSPS) is 22.3. The lowest BCUT2D eigenvalue weighted by Gasteiger charge is -2.39. The molecule has 3 aromatic carbocycles. The minimum atomic E-state index is -0.969. The fourth-order valence-electron chi connectivity index (χ4n) is 9.89. The summed E-state index contributed by atoms with van der Waals surface area (Å²) in [4.78, 5) is 74.8. The lowest BCUT2D eigenvalue weighted by Crippen LogP contribution is -2.54. The van der Waals surface area contributed by atoms with Crippen LogP contribution in [0, 0.1) is 12.5 Å². The molecule has 4 amide bonds. The molecule has 63 heavy (non-hydrogen) atoms. The summed E-state index contributed by atoms with van der Waals surface area (Å²) in [6, 6.07) is 20.3. The number of piperidine rings is 2. The largest absolute Gasteiger partial charge is 0.487 e. The quantitative estimate of drug-likeness (QED) is 0.138. The Kier molecular flexibility index (Phi) is 11.9. The molecule has 326 valence electrons. The fourth-order valence-corrected chi connectivity index (χ4v) is 10.1. The van der Waals surface area contributed by atoms with Gasteiger partial charge in [0.05, 0.1) is 23.4 Å². The summed E-state index contributed by atoms with van der Waals surface area (Å²) in [6.07, 6.45) is 5.38. The van der Waals surface area contributed by atoms with E-state index in [0.717, 1.165) is 111 Å². The topological polar surface area (TPSA) is 136 Å². The number of aromatic nitrogens is 2. The average molecular weight is 870 g/mol. The van der Waals surface area contributed by atoms with Crippen LogP contribution in [0.2, 0.25) is 5.02 Å². The van der Waals surface area contributed by atoms with Crippen LogP contribution in [-0.2, 0) is 21.6 Å². The zero-order valence-corrected chi connectivity index (χ0v) is 36.5. The number of amides is 4. The summed E-state index contributed by atoms with van der Waals surface area (Å²) < 4.78 is 6.16. The van der Waals surface area contributed by atoms with Crippen molar-refractivity contribution in [2.75, 3.05) is 68.7 Å². The first-order valence-corrected chi connectivity index (χ1v) is 22.4. The van der Waals surface area contributed by atoms with Crippen LogP contribution in [0.25, 0.3) is 4.85 Å². The number of imide groups is 2. The van der Waals surface area contributed by atoms with Crippen LogP contribution in [0.1, 0.15) is 83.5 Å². The van der Waals surface area contributed by atoms with Gasteiger partial charge in [0.15, 0.2) is 5.69 Å². The Morgan fingerprint density at radius 1 is 0.841 bits per heavy atom. The van der Waals surface area contributed by atoms with Crippen LogP contribution in [0.4, 0.5) is 17.3 Å². The Hall–Kier alpha value is -5.88. The third kappa shape index (κ3) is 8.87. The molecule has 1 N–H and O–H groups in total. The second kappa shape index (κ2) is 17.7. The molecule has 3 atom stereocenters. The highest BCUT2D eigenvalue weighted by Crippen LogP contribution is 2.37. The summed E-state index contributed by atoms with van der Waals surface area (Å²) in [6.45, 7) is 20.6. The molecule has 14 nitrogen and oxygen atoms in total. The maximum Gasteiger partial charge on any atom is 0.262 e. The molecule has 15 heteroatoms. The third-order valence-electron chi connectivity index (χ3n) is 13.6. The Balaban J connectivity index is 0.735. The zero-order valence-electron chi connectivity index (χ0n) is 35.8. The van der Waals surface area contributed by atoms with Gasteiger partial charge in [-0.3, -0.25) is 39.2 Å². The van der Waals surface area contributed by atoms with Gasteiger partial charge in [0, 0.05) is 87.1 Å².